The third kappa shape index (κ3) is 2.27. The topological polar surface area (TPSA) is 32.8 Å². The zero-order valence-electron chi connectivity index (χ0n) is 8.03. The smallest absolute Gasteiger partial charge is 0.0894 e. The van der Waals surface area contributed by atoms with E-state index in [9.17, 15) is 5.11 Å². The van der Waals surface area contributed by atoms with Crippen LogP contribution in [0.4, 0.5) is 0 Å². The maximum absolute atomic E-state index is 10.2. The molecule has 2 atom stereocenters. The summed E-state index contributed by atoms with van der Waals surface area (Å²) >= 11 is 5.77. The van der Waals surface area contributed by atoms with Crippen LogP contribution in [0, 0.1) is 0 Å². The van der Waals surface area contributed by atoms with Gasteiger partial charge in [-0.3, -0.25) is 0 Å². The van der Waals surface area contributed by atoms with Gasteiger partial charge in [0.05, 0.1) is 18.3 Å². The Hall–Kier alpha value is -0.570. The standard InChI is InChI=1S/C11H13ClO2/c1-11(13,6-10-7-14-10)8-2-4-9(12)5-3-8/h2-5,10,13H,6-7H2,1H3. The van der Waals surface area contributed by atoms with Gasteiger partial charge in [0.2, 0.25) is 0 Å². The van der Waals surface area contributed by atoms with Crippen LogP contribution < -0.4 is 0 Å². The minimum absolute atomic E-state index is 0.223. The molecule has 1 saturated heterocycles. The molecule has 76 valence electrons. The van der Waals surface area contributed by atoms with Gasteiger partial charge in [-0.1, -0.05) is 23.7 Å². The first kappa shape index (κ1) is 9.97. The summed E-state index contributed by atoms with van der Waals surface area (Å²) in [6.07, 6.45) is 0.870. The Bertz CT molecular complexity index is 315. The molecule has 0 aromatic heterocycles. The van der Waals surface area contributed by atoms with Crippen molar-refractivity contribution in [1.82, 2.24) is 0 Å². The number of hydrogen-bond acceptors (Lipinski definition) is 2. The van der Waals surface area contributed by atoms with Gasteiger partial charge in [0.1, 0.15) is 0 Å². The van der Waals surface area contributed by atoms with Crippen molar-refractivity contribution in [2.45, 2.75) is 25.0 Å². The molecule has 0 aliphatic carbocycles. The van der Waals surface area contributed by atoms with Gasteiger partial charge >= 0.3 is 0 Å². The van der Waals surface area contributed by atoms with Crippen molar-refractivity contribution >= 4 is 11.6 Å². The molecule has 1 aromatic rings. The molecule has 1 fully saturated rings. The van der Waals surface area contributed by atoms with E-state index in [1.54, 1.807) is 19.1 Å². The van der Waals surface area contributed by atoms with Crippen molar-refractivity contribution in [2.75, 3.05) is 6.61 Å². The normalized spacial score (nSPS) is 24.4. The highest BCUT2D eigenvalue weighted by atomic mass is 35.5. The molecule has 1 aromatic carbocycles. The maximum Gasteiger partial charge on any atom is 0.0894 e. The fourth-order valence-electron chi connectivity index (χ4n) is 1.56. The van der Waals surface area contributed by atoms with E-state index in [4.69, 9.17) is 16.3 Å². The minimum atomic E-state index is -0.814. The van der Waals surface area contributed by atoms with Crippen LogP contribution in [0.3, 0.4) is 0 Å². The summed E-state index contributed by atoms with van der Waals surface area (Å²) in [5.41, 5.74) is 0.0727. The van der Waals surface area contributed by atoms with Crippen LogP contribution in [0.2, 0.25) is 5.02 Å². The Morgan fingerprint density at radius 2 is 2.07 bits per heavy atom. The summed E-state index contributed by atoms with van der Waals surface area (Å²) in [4.78, 5) is 0. The fourth-order valence-corrected chi connectivity index (χ4v) is 1.68. The lowest BCUT2D eigenvalue weighted by Gasteiger charge is -2.22. The van der Waals surface area contributed by atoms with Crippen LogP contribution in [0.15, 0.2) is 24.3 Å². The Balaban J connectivity index is 2.14. The van der Waals surface area contributed by atoms with E-state index in [2.05, 4.69) is 0 Å². The third-order valence-electron chi connectivity index (χ3n) is 2.49. The molecule has 14 heavy (non-hydrogen) atoms. The first-order chi connectivity index (χ1) is 6.58. The second kappa shape index (κ2) is 3.54. The van der Waals surface area contributed by atoms with Gasteiger partial charge in [0.15, 0.2) is 0 Å². The van der Waals surface area contributed by atoms with Gasteiger partial charge in [-0.2, -0.15) is 0 Å². The quantitative estimate of drug-likeness (QED) is 0.781. The number of rotatable bonds is 3. The first-order valence-corrected chi connectivity index (χ1v) is 5.06. The van der Waals surface area contributed by atoms with E-state index < -0.39 is 5.60 Å². The van der Waals surface area contributed by atoms with Crippen LogP contribution in [-0.4, -0.2) is 17.8 Å². The van der Waals surface area contributed by atoms with E-state index in [1.807, 2.05) is 12.1 Å². The predicted molar refractivity (Wildman–Crippen MR) is 55.4 cm³/mol. The van der Waals surface area contributed by atoms with Gasteiger partial charge in [-0.15, -0.1) is 0 Å². The summed E-state index contributed by atoms with van der Waals surface area (Å²) in [5, 5.41) is 10.9. The molecule has 1 aliphatic heterocycles. The highest BCUT2D eigenvalue weighted by Crippen LogP contribution is 2.31. The van der Waals surface area contributed by atoms with Gasteiger partial charge < -0.3 is 9.84 Å². The van der Waals surface area contributed by atoms with Crippen LogP contribution in [0.25, 0.3) is 0 Å². The third-order valence-corrected chi connectivity index (χ3v) is 2.75. The van der Waals surface area contributed by atoms with Crippen molar-refractivity contribution in [3.8, 4) is 0 Å². The number of epoxide rings is 1. The number of hydrogen-bond donors (Lipinski definition) is 1. The van der Waals surface area contributed by atoms with Gasteiger partial charge in [0.25, 0.3) is 0 Å². The molecule has 0 saturated carbocycles. The van der Waals surface area contributed by atoms with Crippen LogP contribution in [0.1, 0.15) is 18.9 Å². The summed E-state index contributed by atoms with van der Waals surface area (Å²) in [7, 11) is 0. The van der Waals surface area contributed by atoms with E-state index in [0.29, 0.717) is 11.4 Å². The Morgan fingerprint density at radius 3 is 2.57 bits per heavy atom. The Labute approximate surface area is 88.5 Å². The van der Waals surface area contributed by atoms with E-state index >= 15 is 0 Å². The average Bonchev–Trinajstić information content (AvgIpc) is 2.88. The molecule has 0 spiro atoms. The monoisotopic (exact) mass is 212 g/mol. The Kier molecular flexibility index (Phi) is 2.52. The largest absolute Gasteiger partial charge is 0.385 e. The van der Waals surface area contributed by atoms with Crippen molar-refractivity contribution in [3.63, 3.8) is 0 Å². The van der Waals surface area contributed by atoms with E-state index in [-0.39, 0.29) is 6.10 Å². The zero-order valence-corrected chi connectivity index (χ0v) is 8.79. The fraction of sp³-hybridized carbons (Fsp3) is 0.455. The summed E-state index contributed by atoms with van der Waals surface area (Å²) in [6.45, 7) is 2.57. The lowest BCUT2D eigenvalue weighted by molar-refractivity contribution is 0.0397. The van der Waals surface area contributed by atoms with Gasteiger partial charge in [-0.25, -0.2) is 0 Å². The zero-order chi connectivity index (χ0) is 10.2. The van der Waals surface area contributed by atoms with Gasteiger partial charge in [-0.05, 0) is 24.6 Å². The van der Waals surface area contributed by atoms with E-state index in [0.717, 1.165) is 12.2 Å². The molecular weight excluding hydrogens is 200 g/mol. The summed E-state index contributed by atoms with van der Waals surface area (Å²) < 4.78 is 5.10. The molecule has 2 unspecified atom stereocenters. The van der Waals surface area contributed by atoms with Crippen molar-refractivity contribution < 1.29 is 9.84 Å². The molecule has 2 rings (SSSR count). The minimum Gasteiger partial charge on any atom is -0.385 e. The molecule has 0 radical (unpaired) electrons. The number of ether oxygens (including phenoxy) is 1. The van der Waals surface area contributed by atoms with Crippen LogP contribution in [0.5, 0.6) is 0 Å². The molecule has 0 amide bonds. The van der Waals surface area contributed by atoms with Crippen LogP contribution in [-0.2, 0) is 10.3 Å². The van der Waals surface area contributed by atoms with Gasteiger partial charge in [0, 0.05) is 11.4 Å². The second-order valence-electron chi connectivity index (χ2n) is 3.94. The number of benzene rings is 1. The van der Waals surface area contributed by atoms with Crippen LogP contribution >= 0.6 is 11.6 Å². The lowest BCUT2D eigenvalue weighted by atomic mass is 9.91. The highest BCUT2D eigenvalue weighted by Gasteiger charge is 2.33. The van der Waals surface area contributed by atoms with E-state index in [1.165, 1.54) is 0 Å². The average molecular weight is 213 g/mol. The molecular formula is C11H13ClO2. The highest BCUT2D eigenvalue weighted by molar-refractivity contribution is 6.30. The molecule has 1 aliphatic rings. The SMILES string of the molecule is CC(O)(CC1CO1)c1ccc(Cl)cc1. The summed E-state index contributed by atoms with van der Waals surface area (Å²) in [6, 6.07) is 7.29. The summed E-state index contributed by atoms with van der Waals surface area (Å²) in [5.74, 6) is 0. The second-order valence-corrected chi connectivity index (χ2v) is 4.38. The molecule has 3 heteroatoms. The Morgan fingerprint density at radius 1 is 1.50 bits per heavy atom. The molecule has 1 heterocycles. The van der Waals surface area contributed by atoms with Crippen molar-refractivity contribution in [2.24, 2.45) is 0 Å². The predicted octanol–water partition coefficient (Wildman–Crippen LogP) is 2.34. The molecule has 0 bridgehead atoms. The number of halogens is 1. The lowest BCUT2D eigenvalue weighted by Crippen LogP contribution is -2.23. The van der Waals surface area contributed by atoms with Crippen molar-refractivity contribution in [1.29, 1.82) is 0 Å². The maximum atomic E-state index is 10.2. The van der Waals surface area contributed by atoms with Crippen molar-refractivity contribution in [3.05, 3.63) is 34.9 Å². The first-order valence-electron chi connectivity index (χ1n) is 4.68. The molecule has 2 nitrogen and oxygen atoms in total. The number of aliphatic hydroxyl groups is 1. The molecule has 1 N–H and O–H groups in total.